The molecule has 0 fully saturated rings. The monoisotopic (exact) mass is 158 g/mol. The van der Waals surface area contributed by atoms with Gasteiger partial charge in [0.15, 0.2) is 0 Å². The number of aromatic nitrogens is 2. The van der Waals surface area contributed by atoms with Crippen LogP contribution < -0.4 is 0 Å². The summed E-state index contributed by atoms with van der Waals surface area (Å²) in [4.78, 5) is 0. The lowest BCUT2D eigenvalue weighted by molar-refractivity contribution is 0.180. The minimum Gasteiger partial charge on any atom is -0.378 e. The van der Waals surface area contributed by atoms with Crippen molar-refractivity contribution in [3.05, 3.63) is 18.0 Å². The van der Waals surface area contributed by atoms with Crippen molar-refractivity contribution in [2.75, 3.05) is 13.8 Å². The molecule has 0 saturated heterocycles. The molecular formula is C7H11FN2O. The number of methoxy groups -OCH3 is 1. The SMILES string of the molecule is COCc1ccn(CCF)n1. The van der Waals surface area contributed by atoms with Crippen LogP contribution in [0.3, 0.4) is 0 Å². The Labute approximate surface area is 64.8 Å². The highest BCUT2D eigenvalue weighted by Crippen LogP contribution is 1.96. The summed E-state index contributed by atoms with van der Waals surface area (Å²) in [6.07, 6.45) is 1.74. The summed E-state index contributed by atoms with van der Waals surface area (Å²) in [6.45, 7) is 0.428. The third kappa shape index (κ3) is 2.31. The Morgan fingerprint density at radius 3 is 3.18 bits per heavy atom. The number of halogens is 1. The zero-order valence-electron chi connectivity index (χ0n) is 6.46. The lowest BCUT2D eigenvalue weighted by Crippen LogP contribution is -2.01. The number of nitrogens with zero attached hydrogens (tertiary/aromatic N) is 2. The molecule has 0 bridgehead atoms. The lowest BCUT2D eigenvalue weighted by Gasteiger charge is -1.94. The minimum atomic E-state index is -0.381. The van der Waals surface area contributed by atoms with E-state index >= 15 is 0 Å². The molecule has 0 atom stereocenters. The Balaban J connectivity index is 2.51. The molecule has 0 spiro atoms. The quantitative estimate of drug-likeness (QED) is 0.653. The fraction of sp³-hybridized carbons (Fsp3) is 0.571. The first-order valence-corrected chi connectivity index (χ1v) is 3.44. The van der Waals surface area contributed by atoms with E-state index in [0.29, 0.717) is 13.2 Å². The van der Waals surface area contributed by atoms with Crippen LogP contribution in [0.1, 0.15) is 5.69 Å². The van der Waals surface area contributed by atoms with Crippen molar-refractivity contribution in [2.45, 2.75) is 13.2 Å². The van der Waals surface area contributed by atoms with Crippen LogP contribution in [0, 0.1) is 0 Å². The molecule has 1 aromatic rings. The fourth-order valence-corrected chi connectivity index (χ4v) is 0.840. The van der Waals surface area contributed by atoms with Gasteiger partial charge in [0.25, 0.3) is 0 Å². The Bertz CT molecular complexity index is 191. The van der Waals surface area contributed by atoms with E-state index in [0.717, 1.165) is 5.69 Å². The van der Waals surface area contributed by atoms with E-state index in [1.807, 2.05) is 6.07 Å². The molecule has 62 valence electrons. The van der Waals surface area contributed by atoms with Gasteiger partial charge in [-0.3, -0.25) is 4.68 Å². The van der Waals surface area contributed by atoms with Crippen LogP contribution >= 0.6 is 0 Å². The van der Waals surface area contributed by atoms with Crippen LogP contribution in [0.25, 0.3) is 0 Å². The van der Waals surface area contributed by atoms with Crippen LogP contribution in [-0.4, -0.2) is 23.6 Å². The van der Waals surface area contributed by atoms with Crippen molar-refractivity contribution in [2.24, 2.45) is 0 Å². The maximum atomic E-state index is 11.8. The first-order chi connectivity index (χ1) is 5.36. The molecule has 1 heterocycles. The molecular weight excluding hydrogens is 147 g/mol. The Morgan fingerprint density at radius 1 is 1.73 bits per heavy atom. The van der Waals surface area contributed by atoms with E-state index < -0.39 is 0 Å². The van der Waals surface area contributed by atoms with Gasteiger partial charge in [-0.2, -0.15) is 5.10 Å². The van der Waals surface area contributed by atoms with Gasteiger partial charge in [0.05, 0.1) is 18.8 Å². The number of aryl methyl sites for hydroxylation is 1. The Morgan fingerprint density at radius 2 is 2.55 bits per heavy atom. The fourth-order valence-electron chi connectivity index (χ4n) is 0.840. The summed E-state index contributed by atoms with van der Waals surface area (Å²) in [5.74, 6) is 0. The molecule has 1 aromatic heterocycles. The van der Waals surface area contributed by atoms with Crippen molar-refractivity contribution in [1.82, 2.24) is 9.78 Å². The highest BCUT2D eigenvalue weighted by atomic mass is 19.1. The van der Waals surface area contributed by atoms with Crippen molar-refractivity contribution < 1.29 is 9.13 Å². The van der Waals surface area contributed by atoms with Crippen LogP contribution in [0.15, 0.2) is 12.3 Å². The van der Waals surface area contributed by atoms with Gasteiger partial charge in [0, 0.05) is 13.3 Å². The maximum absolute atomic E-state index is 11.8. The van der Waals surface area contributed by atoms with Gasteiger partial charge in [-0.1, -0.05) is 0 Å². The molecule has 0 aromatic carbocycles. The van der Waals surface area contributed by atoms with Crippen LogP contribution in [0.5, 0.6) is 0 Å². The van der Waals surface area contributed by atoms with Gasteiger partial charge in [0.1, 0.15) is 6.67 Å². The van der Waals surface area contributed by atoms with Gasteiger partial charge >= 0.3 is 0 Å². The molecule has 1 rings (SSSR count). The van der Waals surface area contributed by atoms with Gasteiger partial charge in [-0.05, 0) is 6.07 Å². The number of alkyl halides is 1. The highest BCUT2D eigenvalue weighted by molar-refractivity contribution is 4.96. The maximum Gasteiger partial charge on any atom is 0.109 e. The molecule has 0 unspecified atom stereocenters. The zero-order chi connectivity index (χ0) is 8.10. The third-order valence-corrected chi connectivity index (χ3v) is 1.30. The number of hydrogen-bond acceptors (Lipinski definition) is 2. The standard InChI is InChI=1S/C7H11FN2O/c1-11-6-7-2-4-10(9-7)5-3-8/h2,4H,3,5-6H2,1H3. The molecule has 0 N–H and O–H groups in total. The van der Waals surface area contributed by atoms with Crippen molar-refractivity contribution in [1.29, 1.82) is 0 Å². The van der Waals surface area contributed by atoms with E-state index in [1.54, 1.807) is 18.0 Å². The second-order valence-electron chi connectivity index (χ2n) is 2.19. The van der Waals surface area contributed by atoms with Crippen molar-refractivity contribution in [3.63, 3.8) is 0 Å². The second-order valence-corrected chi connectivity index (χ2v) is 2.19. The summed E-state index contributed by atoms with van der Waals surface area (Å²) in [5.41, 5.74) is 0.834. The molecule has 0 aliphatic heterocycles. The molecule has 0 saturated carbocycles. The van der Waals surface area contributed by atoms with E-state index in [4.69, 9.17) is 4.74 Å². The first-order valence-electron chi connectivity index (χ1n) is 3.44. The Hall–Kier alpha value is -0.900. The van der Waals surface area contributed by atoms with Crippen LogP contribution in [-0.2, 0) is 17.9 Å². The minimum absolute atomic E-state index is 0.323. The van der Waals surface area contributed by atoms with Crippen molar-refractivity contribution in [3.8, 4) is 0 Å². The number of hydrogen-bond donors (Lipinski definition) is 0. The topological polar surface area (TPSA) is 27.1 Å². The van der Waals surface area contributed by atoms with Crippen LogP contribution in [0.2, 0.25) is 0 Å². The molecule has 0 radical (unpaired) electrons. The average Bonchev–Trinajstić information content (AvgIpc) is 2.38. The highest BCUT2D eigenvalue weighted by Gasteiger charge is 1.96. The molecule has 0 aliphatic carbocycles. The average molecular weight is 158 g/mol. The summed E-state index contributed by atoms with van der Waals surface area (Å²) in [6, 6.07) is 1.82. The largest absolute Gasteiger partial charge is 0.378 e. The molecule has 0 aliphatic rings. The van der Waals surface area contributed by atoms with E-state index in [1.165, 1.54) is 0 Å². The summed E-state index contributed by atoms with van der Waals surface area (Å²) in [5, 5.41) is 4.04. The molecule has 0 amide bonds. The molecule has 4 heteroatoms. The first kappa shape index (κ1) is 8.20. The lowest BCUT2D eigenvalue weighted by atomic mass is 10.5. The normalized spacial score (nSPS) is 10.4. The van der Waals surface area contributed by atoms with E-state index in [2.05, 4.69) is 5.10 Å². The van der Waals surface area contributed by atoms with Crippen molar-refractivity contribution >= 4 is 0 Å². The predicted octanol–water partition coefficient (Wildman–Crippen LogP) is 0.999. The molecule has 3 nitrogen and oxygen atoms in total. The number of rotatable bonds is 4. The van der Waals surface area contributed by atoms with Gasteiger partial charge < -0.3 is 4.74 Å². The number of ether oxygens (including phenoxy) is 1. The van der Waals surface area contributed by atoms with E-state index in [9.17, 15) is 4.39 Å². The second kappa shape index (κ2) is 4.08. The summed E-state index contributed by atoms with van der Waals surface area (Å²) >= 11 is 0. The summed E-state index contributed by atoms with van der Waals surface area (Å²) in [7, 11) is 1.61. The van der Waals surface area contributed by atoms with Gasteiger partial charge in [0.2, 0.25) is 0 Å². The smallest absolute Gasteiger partial charge is 0.109 e. The zero-order valence-corrected chi connectivity index (χ0v) is 6.46. The molecule has 11 heavy (non-hydrogen) atoms. The van der Waals surface area contributed by atoms with E-state index in [-0.39, 0.29) is 6.67 Å². The third-order valence-electron chi connectivity index (χ3n) is 1.30. The van der Waals surface area contributed by atoms with Gasteiger partial charge in [-0.25, -0.2) is 4.39 Å². The van der Waals surface area contributed by atoms with Crippen LogP contribution in [0.4, 0.5) is 4.39 Å². The van der Waals surface area contributed by atoms with Gasteiger partial charge in [-0.15, -0.1) is 0 Å². The Kier molecular flexibility index (Phi) is 3.04. The summed E-state index contributed by atoms with van der Waals surface area (Å²) < 4.78 is 18.2. The predicted molar refractivity (Wildman–Crippen MR) is 38.9 cm³/mol.